The predicted octanol–water partition coefficient (Wildman–Crippen LogP) is 5.44. The van der Waals surface area contributed by atoms with Gasteiger partial charge in [-0.25, -0.2) is 14.7 Å². The topological polar surface area (TPSA) is 80.3 Å². The van der Waals surface area contributed by atoms with E-state index in [4.69, 9.17) is 14.3 Å². The van der Waals surface area contributed by atoms with E-state index in [1.807, 2.05) is 59.5 Å². The van der Waals surface area contributed by atoms with Gasteiger partial charge in [0, 0.05) is 58.1 Å². The van der Waals surface area contributed by atoms with Crippen molar-refractivity contribution in [1.29, 1.82) is 0 Å². The summed E-state index contributed by atoms with van der Waals surface area (Å²) < 4.78 is 25.6. The van der Waals surface area contributed by atoms with Crippen molar-refractivity contribution in [2.45, 2.75) is 57.2 Å². The average molecular weight is 586 g/mol. The van der Waals surface area contributed by atoms with Crippen LogP contribution < -0.4 is 10.2 Å². The smallest absolute Gasteiger partial charge is 0.267 e. The Balaban J connectivity index is 1.17. The lowest BCUT2D eigenvalue weighted by Gasteiger charge is -2.51. The van der Waals surface area contributed by atoms with Crippen molar-refractivity contribution in [3.8, 4) is 5.75 Å². The van der Waals surface area contributed by atoms with Gasteiger partial charge in [0.25, 0.3) is 11.8 Å². The van der Waals surface area contributed by atoms with Crippen LogP contribution in [0.25, 0.3) is 6.08 Å². The van der Waals surface area contributed by atoms with Gasteiger partial charge >= 0.3 is 0 Å². The Hall–Kier alpha value is -4.05. The Labute approximate surface area is 251 Å². The monoisotopic (exact) mass is 585 g/mol. The van der Waals surface area contributed by atoms with Crippen LogP contribution in [0.3, 0.4) is 0 Å². The number of carbonyl (C=O) groups is 2. The van der Waals surface area contributed by atoms with Crippen molar-refractivity contribution in [1.82, 2.24) is 15.3 Å². The molecule has 3 aromatic rings. The molecule has 0 bridgehead atoms. The van der Waals surface area contributed by atoms with Crippen molar-refractivity contribution in [2.24, 2.45) is 0 Å². The quantitative estimate of drug-likeness (QED) is 0.280. The molecule has 0 radical (unpaired) electrons. The van der Waals surface area contributed by atoms with E-state index in [1.54, 1.807) is 12.1 Å². The Bertz CT molecular complexity index is 1450. The third-order valence-corrected chi connectivity index (χ3v) is 8.27. The molecular formula is C34H36FN3O5. The van der Waals surface area contributed by atoms with Crippen LogP contribution in [-0.4, -0.2) is 53.3 Å². The predicted molar refractivity (Wildman–Crippen MR) is 159 cm³/mol. The molecule has 1 unspecified atom stereocenters. The first-order chi connectivity index (χ1) is 21.0. The normalized spacial score (nSPS) is 20.2. The van der Waals surface area contributed by atoms with Gasteiger partial charge in [-0.05, 0) is 59.9 Å². The first kappa shape index (κ1) is 29.0. The minimum absolute atomic E-state index is 0.102. The summed E-state index contributed by atoms with van der Waals surface area (Å²) in [6.45, 7) is 3.21. The summed E-state index contributed by atoms with van der Waals surface area (Å²) in [5, 5.41) is 0. The molecule has 8 nitrogen and oxygen atoms in total. The maximum Gasteiger partial charge on any atom is 0.267 e. The molecule has 2 fully saturated rings. The lowest BCUT2D eigenvalue weighted by Crippen LogP contribution is -2.62. The second-order valence-corrected chi connectivity index (χ2v) is 11.3. The molecule has 0 aromatic heterocycles. The molecule has 1 spiro atoms. The molecule has 3 aliphatic rings. The second-order valence-electron chi connectivity index (χ2n) is 11.3. The van der Waals surface area contributed by atoms with Crippen LogP contribution in [0.5, 0.6) is 5.75 Å². The molecule has 3 heterocycles. The maximum atomic E-state index is 14.1. The molecule has 1 N–H and O–H groups in total. The lowest BCUT2D eigenvalue weighted by molar-refractivity contribution is -0.198. The molecule has 2 saturated heterocycles. The first-order valence-electron chi connectivity index (χ1n) is 14.9. The average Bonchev–Trinajstić information content (AvgIpc) is 3.04. The SMILES string of the molecule is O=C(C=Cc1ccc2c(c1)C(=O)N(Cc1ccccc1)C1(CCN(Cc3ccc(F)cc3)CC1)O2)NOC1CCCCO1. The summed E-state index contributed by atoms with van der Waals surface area (Å²) in [5.41, 5.74) is 4.86. The number of nitrogens with one attached hydrogen (secondary N) is 1. The highest BCUT2D eigenvalue weighted by Crippen LogP contribution is 2.41. The number of carbonyl (C=O) groups excluding carboxylic acids is 2. The summed E-state index contributed by atoms with van der Waals surface area (Å²) in [7, 11) is 0. The fourth-order valence-corrected chi connectivity index (χ4v) is 5.89. The van der Waals surface area contributed by atoms with E-state index >= 15 is 0 Å². The van der Waals surface area contributed by atoms with E-state index in [0.717, 1.165) is 43.5 Å². The van der Waals surface area contributed by atoms with Gasteiger partial charge in [0.05, 0.1) is 5.56 Å². The Kier molecular flexibility index (Phi) is 8.83. The summed E-state index contributed by atoms with van der Waals surface area (Å²) in [4.78, 5) is 36.0. The Morgan fingerprint density at radius 3 is 2.51 bits per heavy atom. The van der Waals surface area contributed by atoms with Crippen LogP contribution >= 0.6 is 0 Å². The maximum absolute atomic E-state index is 14.1. The van der Waals surface area contributed by atoms with Crippen LogP contribution in [0.2, 0.25) is 0 Å². The number of nitrogens with zero attached hydrogens (tertiary/aromatic N) is 2. The fourth-order valence-electron chi connectivity index (χ4n) is 5.89. The number of hydrogen-bond acceptors (Lipinski definition) is 6. The van der Waals surface area contributed by atoms with Crippen LogP contribution in [0.1, 0.15) is 59.2 Å². The number of hydroxylamine groups is 1. The highest BCUT2D eigenvalue weighted by Gasteiger charge is 2.48. The second kappa shape index (κ2) is 13.1. The standard InChI is InChI=1S/C34H36FN3O5/c35-28-13-9-27(10-14-28)23-37-19-17-34(18-20-37)38(24-26-6-2-1-3-7-26)33(40)29-22-25(11-15-30(29)42-34)12-16-31(39)36-43-32-8-4-5-21-41-32/h1-3,6-7,9-16,22,32H,4-5,8,17-21,23-24H2,(H,36,39). The molecule has 0 saturated carbocycles. The molecule has 224 valence electrons. The molecule has 2 amide bonds. The van der Waals surface area contributed by atoms with Gasteiger partial charge in [-0.15, -0.1) is 0 Å². The highest BCUT2D eigenvalue weighted by atomic mass is 19.1. The minimum atomic E-state index is -0.783. The van der Waals surface area contributed by atoms with Gasteiger partial charge in [-0.2, -0.15) is 0 Å². The van der Waals surface area contributed by atoms with Crippen molar-refractivity contribution in [2.75, 3.05) is 19.7 Å². The zero-order chi connectivity index (χ0) is 29.6. The summed E-state index contributed by atoms with van der Waals surface area (Å²) in [5.74, 6) is -0.215. The van der Waals surface area contributed by atoms with E-state index in [9.17, 15) is 14.0 Å². The molecule has 3 aliphatic heterocycles. The van der Waals surface area contributed by atoms with Crippen LogP contribution in [0, 0.1) is 5.82 Å². The number of rotatable bonds is 8. The number of hydrogen-bond donors (Lipinski definition) is 1. The van der Waals surface area contributed by atoms with Gasteiger partial charge in [0.1, 0.15) is 11.6 Å². The number of halogens is 1. The zero-order valence-electron chi connectivity index (χ0n) is 24.0. The Morgan fingerprint density at radius 1 is 1.00 bits per heavy atom. The summed E-state index contributed by atoms with van der Waals surface area (Å²) in [6.07, 6.45) is 6.60. The number of ether oxygens (including phenoxy) is 2. The van der Waals surface area contributed by atoms with E-state index in [2.05, 4.69) is 10.4 Å². The van der Waals surface area contributed by atoms with Crippen LogP contribution in [-0.2, 0) is 27.5 Å². The molecule has 9 heteroatoms. The van der Waals surface area contributed by atoms with Crippen molar-refractivity contribution in [3.63, 3.8) is 0 Å². The molecule has 6 rings (SSSR count). The third kappa shape index (κ3) is 6.96. The van der Waals surface area contributed by atoms with E-state index in [1.165, 1.54) is 18.2 Å². The van der Waals surface area contributed by atoms with Gasteiger partial charge in [-0.1, -0.05) is 48.5 Å². The van der Waals surface area contributed by atoms with Gasteiger partial charge in [-0.3, -0.25) is 19.4 Å². The lowest BCUT2D eigenvalue weighted by atomic mass is 9.93. The van der Waals surface area contributed by atoms with Crippen molar-refractivity contribution >= 4 is 17.9 Å². The zero-order valence-corrected chi connectivity index (χ0v) is 24.0. The van der Waals surface area contributed by atoms with Crippen molar-refractivity contribution in [3.05, 3.63) is 107 Å². The van der Waals surface area contributed by atoms with E-state index in [-0.39, 0.29) is 11.7 Å². The fraction of sp³-hybridized carbons (Fsp3) is 0.353. The number of amides is 2. The number of likely N-dealkylation sites (tertiary alicyclic amines) is 1. The molecular weight excluding hydrogens is 549 g/mol. The minimum Gasteiger partial charge on any atom is -0.467 e. The third-order valence-electron chi connectivity index (χ3n) is 8.27. The largest absolute Gasteiger partial charge is 0.467 e. The highest BCUT2D eigenvalue weighted by molar-refractivity contribution is 5.99. The number of piperidine rings is 1. The molecule has 3 aromatic carbocycles. The summed E-state index contributed by atoms with van der Waals surface area (Å²) in [6, 6.07) is 21.9. The van der Waals surface area contributed by atoms with Gasteiger partial charge < -0.3 is 9.47 Å². The van der Waals surface area contributed by atoms with E-state index < -0.39 is 17.9 Å². The molecule has 1 atom stereocenters. The first-order valence-corrected chi connectivity index (χ1v) is 14.9. The number of fused-ring (bicyclic) bond motifs is 1. The van der Waals surface area contributed by atoms with E-state index in [0.29, 0.717) is 49.4 Å². The van der Waals surface area contributed by atoms with Crippen LogP contribution in [0.4, 0.5) is 4.39 Å². The summed E-state index contributed by atoms with van der Waals surface area (Å²) >= 11 is 0. The Morgan fingerprint density at radius 2 is 1.77 bits per heavy atom. The molecule has 43 heavy (non-hydrogen) atoms. The van der Waals surface area contributed by atoms with Crippen LogP contribution in [0.15, 0.2) is 78.9 Å². The number of benzene rings is 3. The van der Waals surface area contributed by atoms with Crippen molar-refractivity contribution < 1.29 is 28.3 Å². The van der Waals surface area contributed by atoms with Gasteiger partial charge in [0.2, 0.25) is 0 Å². The molecule has 0 aliphatic carbocycles. The van der Waals surface area contributed by atoms with Gasteiger partial charge in [0.15, 0.2) is 12.0 Å².